The van der Waals surface area contributed by atoms with Crippen LogP contribution in [0.3, 0.4) is 0 Å². The summed E-state index contributed by atoms with van der Waals surface area (Å²) in [5.74, 6) is 0.529. The van der Waals surface area contributed by atoms with Crippen molar-refractivity contribution in [1.29, 1.82) is 0 Å². The predicted octanol–water partition coefficient (Wildman–Crippen LogP) is 4.59. The molecule has 0 radical (unpaired) electrons. The zero-order valence-corrected chi connectivity index (χ0v) is 16.1. The molecule has 1 N–H and O–H groups in total. The number of esters is 1. The third kappa shape index (κ3) is 9.92. The summed E-state index contributed by atoms with van der Waals surface area (Å²) in [5, 5.41) is 3.40. The standard InChI is InChI=1S/C21H33NO3/c1-5-7-15-22-21(3,4)17-25-20(23)14-11-18-9-12-19(13-10-18)24-16-8-6-2/h9-14,22H,5-8,15-17H2,1-4H3/b14-11-. The fourth-order valence-corrected chi connectivity index (χ4v) is 2.13. The highest BCUT2D eigenvalue weighted by molar-refractivity contribution is 5.87. The summed E-state index contributed by atoms with van der Waals surface area (Å²) in [4.78, 5) is 11.9. The molecule has 1 aromatic rings. The molecule has 0 aliphatic heterocycles. The van der Waals surface area contributed by atoms with Crippen LogP contribution in [0.25, 0.3) is 6.08 Å². The fraction of sp³-hybridized carbons (Fsp3) is 0.571. The number of carbonyl (C=O) groups excluding carboxylic acids is 1. The van der Waals surface area contributed by atoms with Crippen LogP contribution in [0.15, 0.2) is 30.3 Å². The number of nitrogens with one attached hydrogen (secondary N) is 1. The zero-order valence-electron chi connectivity index (χ0n) is 16.1. The van der Waals surface area contributed by atoms with Gasteiger partial charge in [-0.05, 0) is 57.0 Å². The summed E-state index contributed by atoms with van der Waals surface area (Å²) >= 11 is 0. The first-order chi connectivity index (χ1) is 12.0. The molecule has 0 aliphatic carbocycles. The Balaban J connectivity index is 2.38. The van der Waals surface area contributed by atoms with Gasteiger partial charge in [0.15, 0.2) is 0 Å². The van der Waals surface area contributed by atoms with Crippen LogP contribution in [0, 0.1) is 0 Å². The van der Waals surface area contributed by atoms with E-state index in [1.54, 1.807) is 6.08 Å². The van der Waals surface area contributed by atoms with Gasteiger partial charge in [0.1, 0.15) is 12.4 Å². The van der Waals surface area contributed by atoms with E-state index in [2.05, 4.69) is 19.2 Å². The van der Waals surface area contributed by atoms with Gasteiger partial charge in [-0.25, -0.2) is 4.79 Å². The van der Waals surface area contributed by atoms with Gasteiger partial charge in [0.25, 0.3) is 0 Å². The van der Waals surface area contributed by atoms with Gasteiger partial charge >= 0.3 is 5.97 Å². The van der Waals surface area contributed by atoms with Gasteiger partial charge in [0.2, 0.25) is 0 Å². The second-order valence-corrected chi connectivity index (χ2v) is 6.88. The monoisotopic (exact) mass is 347 g/mol. The molecule has 0 atom stereocenters. The maximum atomic E-state index is 11.9. The average Bonchev–Trinajstić information content (AvgIpc) is 2.60. The van der Waals surface area contributed by atoms with E-state index >= 15 is 0 Å². The van der Waals surface area contributed by atoms with Gasteiger partial charge in [-0.1, -0.05) is 38.8 Å². The summed E-state index contributed by atoms with van der Waals surface area (Å²) in [5.41, 5.74) is 0.732. The largest absolute Gasteiger partial charge is 0.494 e. The van der Waals surface area contributed by atoms with Crippen molar-refractivity contribution >= 4 is 12.0 Å². The molecule has 0 bridgehead atoms. The third-order valence-electron chi connectivity index (χ3n) is 3.77. The maximum Gasteiger partial charge on any atom is 0.330 e. The summed E-state index contributed by atoms with van der Waals surface area (Å²) in [6, 6.07) is 7.70. The Labute approximate surface area is 152 Å². The van der Waals surface area contributed by atoms with E-state index in [0.29, 0.717) is 6.61 Å². The van der Waals surface area contributed by atoms with Crippen molar-refractivity contribution in [1.82, 2.24) is 5.32 Å². The van der Waals surface area contributed by atoms with Crippen molar-refractivity contribution < 1.29 is 14.3 Å². The molecule has 0 spiro atoms. The topological polar surface area (TPSA) is 47.6 Å². The first-order valence-corrected chi connectivity index (χ1v) is 9.29. The number of ether oxygens (including phenoxy) is 2. The number of hydrogen-bond acceptors (Lipinski definition) is 4. The molecule has 0 saturated carbocycles. The van der Waals surface area contributed by atoms with Gasteiger partial charge in [0.05, 0.1) is 6.61 Å². The number of rotatable bonds is 12. The molecule has 1 rings (SSSR count). The second kappa shape index (κ2) is 11.7. The molecule has 4 nitrogen and oxygen atoms in total. The molecule has 0 fully saturated rings. The van der Waals surface area contributed by atoms with Crippen LogP contribution in [0.1, 0.15) is 58.9 Å². The highest BCUT2D eigenvalue weighted by atomic mass is 16.5. The van der Waals surface area contributed by atoms with Crippen molar-refractivity contribution in [3.8, 4) is 5.75 Å². The normalized spacial score (nSPS) is 11.7. The van der Waals surface area contributed by atoms with E-state index in [-0.39, 0.29) is 11.5 Å². The predicted molar refractivity (Wildman–Crippen MR) is 104 cm³/mol. The number of carbonyl (C=O) groups is 1. The van der Waals surface area contributed by atoms with E-state index in [1.165, 1.54) is 6.08 Å². The van der Waals surface area contributed by atoms with Crippen LogP contribution in [0.2, 0.25) is 0 Å². The third-order valence-corrected chi connectivity index (χ3v) is 3.77. The van der Waals surface area contributed by atoms with Crippen molar-refractivity contribution in [2.75, 3.05) is 19.8 Å². The lowest BCUT2D eigenvalue weighted by Gasteiger charge is -2.25. The molecule has 0 aromatic heterocycles. The number of hydrogen-bond donors (Lipinski definition) is 1. The van der Waals surface area contributed by atoms with E-state index in [0.717, 1.165) is 50.1 Å². The highest BCUT2D eigenvalue weighted by Gasteiger charge is 2.18. The van der Waals surface area contributed by atoms with Gasteiger partial charge < -0.3 is 14.8 Å². The molecular weight excluding hydrogens is 314 g/mol. The molecule has 0 unspecified atom stereocenters. The van der Waals surface area contributed by atoms with Crippen LogP contribution in [-0.4, -0.2) is 31.3 Å². The lowest BCUT2D eigenvalue weighted by atomic mass is 10.1. The quantitative estimate of drug-likeness (QED) is 0.341. The minimum atomic E-state index is -0.325. The minimum Gasteiger partial charge on any atom is -0.494 e. The molecular formula is C21H33NO3. The Morgan fingerprint density at radius 3 is 2.44 bits per heavy atom. The van der Waals surface area contributed by atoms with Crippen molar-refractivity contribution in [3.63, 3.8) is 0 Å². The van der Waals surface area contributed by atoms with Crippen molar-refractivity contribution in [2.45, 2.75) is 58.9 Å². The van der Waals surface area contributed by atoms with Crippen LogP contribution >= 0.6 is 0 Å². The Morgan fingerprint density at radius 1 is 1.12 bits per heavy atom. The van der Waals surface area contributed by atoms with Gasteiger partial charge in [-0.3, -0.25) is 0 Å². The van der Waals surface area contributed by atoms with Crippen LogP contribution in [0.4, 0.5) is 0 Å². The lowest BCUT2D eigenvalue weighted by molar-refractivity contribution is -0.139. The molecule has 1 aromatic carbocycles. The van der Waals surface area contributed by atoms with Crippen LogP contribution in [-0.2, 0) is 9.53 Å². The second-order valence-electron chi connectivity index (χ2n) is 6.88. The van der Waals surface area contributed by atoms with Gasteiger partial charge in [-0.15, -0.1) is 0 Å². The molecule has 0 amide bonds. The molecule has 4 heteroatoms. The first kappa shape index (κ1) is 21.2. The Kier molecular flexibility index (Phi) is 9.93. The van der Waals surface area contributed by atoms with Crippen LogP contribution < -0.4 is 10.1 Å². The van der Waals surface area contributed by atoms with E-state index in [1.807, 2.05) is 38.1 Å². The summed E-state index contributed by atoms with van der Waals surface area (Å²) in [6.45, 7) is 10.4. The lowest BCUT2D eigenvalue weighted by Crippen LogP contribution is -2.44. The Bertz CT molecular complexity index is 520. The maximum absolute atomic E-state index is 11.9. The van der Waals surface area contributed by atoms with Crippen molar-refractivity contribution in [3.05, 3.63) is 35.9 Å². The van der Waals surface area contributed by atoms with E-state index in [4.69, 9.17) is 9.47 Å². The molecule has 0 heterocycles. The Hall–Kier alpha value is -1.81. The number of benzene rings is 1. The van der Waals surface area contributed by atoms with E-state index in [9.17, 15) is 4.79 Å². The summed E-state index contributed by atoms with van der Waals surface area (Å²) in [6.07, 6.45) is 7.67. The minimum absolute atomic E-state index is 0.212. The average molecular weight is 347 g/mol. The first-order valence-electron chi connectivity index (χ1n) is 9.29. The van der Waals surface area contributed by atoms with Gasteiger partial charge in [0, 0.05) is 11.6 Å². The highest BCUT2D eigenvalue weighted by Crippen LogP contribution is 2.14. The molecule has 0 saturated heterocycles. The smallest absolute Gasteiger partial charge is 0.330 e. The summed E-state index contributed by atoms with van der Waals surface area (Å²) < 4.78 is 11.0. The molecule has 140 valence electrons. The summed E-state index contributed by atoms with van der Waals surface area (Å²) in [7, 11) is 0. The van der Waals surface area contributed by atoms with Crippen LogP contribution in [0.5, 0.6) is 5.75 Å². The molecule has 0 aliphatic rings. The van der Waals surface area contributed by atoms with Gasteiger partial charge in [-0.2, -0.15) is 0 Å². The number of unbranched alkanes of at least 4 members (excludes halogenated alkanes) is 2. The van der Waals surface area contributed by atoms with Crippen molar-refractivity contribution in [2.24, 2.45) is 0 Å². The fourth-order valence-electron chi connectivity index (χ4n) is 2.13. The Morgan fingerprint density at radius 2 is 1.80 bits per heavy atom. The van der Waals surface area contributed by atoms with E-state index < -0.39 is 0 Å². The molecule has 25 heavy (non-hydrogen) atoms. The SMILES string of the molecule is CCCCNC(C)(C)COC(=O)/C=C\c1ccc(OCCCC)cc1. The zero-order chi connectivity index (χ0) is 18.5.